The molecule has 2 fully saturated rings. The number of aromatic nitrogens is 2. The molecule has 1 atom stereocenters. The van der Waals surface area contributed by atoms with E-state index in [4.69, 9.17) is 9.57 Å². The standard InChI is InChI=1S/C23H27N5O5/c29-20(16-11-15-1-6-24-21(30)19(15)25-12-16)26-13-17-14-28(22(31)18-2-8-33-27-18)7-3-23(17)4-9-32-10-5-23/h1,6,11-12,17H,2-5,7-10,13-14H2,(H,24,30)(H,26,29). The monoisotopic (exact) mass is 453 g/mol. The minimum absolute atomic E-state index is 0.0330. The van der Waals surface area contributed by atoms with E-state index in [-0.39, 0.29) is 28.7 Å². The van der Waals surface area contributed by atoms with Gasteiger partial charge in [-0.1, -0.05) is 5.16 Å². The molecular formula is C23H27N5O5. The smallest absolute Gasteiger partial charge is 0.274 e. The summed E-state index contributed by atoms with van der Waals surface area (Å²) in [6, 6.07) is 3.39. The molecule has 5 heterocycles. The molecule has 33 heavy (non-hydrogen) atoms. The van der Waals surface area contributed by atoms with E-state index < -0.39 is 0 Å². The number of ether oxygens (including phenoxy) is 1. The zero-order valence-electron chi connectivity index (χ0n) is 18.3. The lowest BCUT2D eigenvalue weighted by molar-refractivity contribution is -0.131. The van der Waals surface area contributed by atoms with Gasteiger partial charge in [0.05, 0.1) is 5.56 Å². The fourth-order valence-electron chi connectivity index (χ4n) is 5.17. The quantitative estimate of drug-likeness (QED) is 0.713. The van der Waals surface area contributed by atoms with Crippen LogP contribution in [0.5, 0.6) is 0 Å². The highest BCUT2D eigenvalue weighted by Gasteiger charge is 2.45. The molecule has 10 nitrogen and oxygen atoms in total. The number of piperidine rings is 1. The van der Waals surface area contributed by atoms with Gasteiger partial charge in [0.15, 0.2) is 0 Å². The topological polar surface area (TPSA) is 126 Å². The summed E-state index contributed by atoms with van der Waals surface area (Å²) in [6.07, 6.45) is 6.20. The molecule has 0 aliphatic carbocycles. The van der Waals surface area contributed by atoms with E-state index in [1.807, 2.05) is 4.90 Å². The number of pyridine rings is 2. The molecule has 1 unspecified atom stereocenters. The number of hydrogen-bond donors (Lipinski definition) is 2. The van der Waals surface area contributed by atoms with Gasteiger partial charge in [-0.2, -0.15) is 0 Å². The van der Waals surface area contributed by atoms with Gasteiger partial charge in [-0.3, -0.25) is 14.4 Å². The summed E-state index contributed by atoms with van der Waals surface area (Å²) in [5, 5.41) is 7.55. The molecule has 3 aliphatic rings. The zero-order chi connectivity index (χ0) is 22.8. The predicted molar refractivity (Wildman–Crippen MR) is 120 cm³/mol. The SMILES string of the molecule is O=C(NCC1CN(C(=O)C2=NOCC2)CCC12CCOCC2)c1cnc2c(=O)[nH]ccc2c1. The predicted octanol–water partition coefficient (Wildman–Crippen LogP) is 1.07. The van der Waals surface area contributed by atoms with Crippen LogP contribution in [0, 0.1) is 11.3 Å². The van der Waals surface area contributed by atoms with E-state index in [0.29, 0.717) is 68.1 Å². The van der Waals surface area contributed by atoms with E-state index in [1.165, 1.54) is 12.4 Å². The van der Waals surface area contributed by atoms with Gasteiger partial charge in [0.2, 0.25) is 0 Å². The van der Waals surface area contributed by atoms with Gasteiger partial charge < -0.3 is 24.8 Å². The van der Waals surface area contributed by atoms with Crippen LogP contribution in [0.3, 0.4) is 0 Å². The first kappa shape index (κ1) is 21.6. The van der Waals surface area contributed by atoms with Gasteiger partial charge in [-0.05, 0) is 42.7 Å². The van der Waals surface area contributed by atoms with Gasteiger partial charge in [0.25, 0.3) is 17.4 Å². The van der Waals surface area contributed by atoms with Crippen LogP contribution >= 0.6 is 0 Å². The van der Waals surface area contributed by atoms with Crippen LogP contribution in [0.25, 0.3) is 10.9 Å². The molecule has 1 spiro atoms. The van der Waals surface area contributed by atoms with Crippen molar-refractivity contribution < 1.29 is 19.2 Å². The van der Waals surface area contributed by atoms with Crippen LogP contribution < -0.4 is 10.9 Å². The third-order valence-corrected chi connectivity index (χ3v) is 7.19. The molecule has 2 N–H and O–H groups in total. The maximum atomic E-state index is 12.9. The molecule has 5 rings (SSSR count). The van der Waals surface area contributed by atoms with Crippen molar-refractivity contribution in [2.75, 3.05) is 39.5 Å². The molecular weight excluding hydrogens is 426 g/mol. The van der Waals surface area contributed by atoms with Crippen LogP contribution in [0.1, 0.15) is 36.0 Å². The molecule has 0 saturated carbocycles. The summed E-state index contributed by atoms with van der Waals surface area (Å²) in [6.45, 7) is 3.51. The highest BCUT2D eigenvalue weighted by Crippen LogP contribution is 2.44. The molecule has 2 aromatic rings. The number of fused-ring (bicyclic) bond motifs is 1. The summed E-state index contributed by atoms with van der Waals surface area (Å²) in [7, 11) is 0. The average molecular weight is 453 g/mol. The fraction of sp³-hybridized carbons (Fsp3) is 0.522. The lowest BCUT2D eigenvalue weighted by Gasteiger charge is -2.50. The Kier molecular flexibility index (Phi) is 5.84. The second-order valence-electron chi connectivity index (χ2n) is 8.97. The first-order valence-electron chi connectivity index (χ1n) is 11.4. The maximum absolute atomic E-state index is 12.9. The van der Waals surface area contributed by atoms with Crippen molar-refractivity contribution in [1.29, 1.82) is 0 Å². The molecule has 2 amide bonds. The van der Waals surface area contributed by atoms with E-state index in [2.05, 4.69) is 20.4 Å². The van der Waals surface area contributed by atoms with Gasteiger partial charge >= 0.3 is 0 Å². The minimum Gasteiger partial charge on any atom is -0.395 e. The Balaban J connectivity index is 1.31. The second kappa shape index (κ2) is 8.93. The van der Waals surface area contributed by atoms with Crippen molar-refractivity contribution >= 4 is 28.4 Å². The maximum Gasteiger partial charge on any atom is 0.274 e. The first-order chi connectivity index (χ1) is 16.1. The Morgan fingerprint density at radius 1 is 1.24 bits per heavy atom. The van der Waals surface area contributed by atoms with Crippen molar-refractivity contribution in [2.45, 2.75) is 25.7 Å². The number of nitrogens with one attached hydrogen (secondary N) is 2. The molecule has 174 valence electrons. The minimum atomic E-state index is -0.287. The molecule has 0 aromatic carbocycles. The summed E-state index contributed by atoms with van der Waals surface area (Å²) >= 11 is 0. The largest absolute Gasteiger partial charge is 0.395 e. The third kappa shape index (κ3) is 4.22. The summed E-state index contributed by atoms with van der Waals surface area (Å²) < 4.78 is 5.61. The van der Waals surface area contributed by atoms with Gasteiger partial charge in [-0.15, -0.1) is 0 Å². The Morgan fingerprint density at radius 2 is 2.09 bits per heavy atom. The molecule has 3 aliphatic heterocycles. The van der Waals surface area contributed by atoms with Crippen LogP contribution in [-0.4, -0.2) is 71.8 Å². The number of H-pyrrole nitrogens is 1. The highest BCUT2D eigenvalue weighted by molar-refractivity contribution is 6.38. The number of carbonyl (C=O) groups is 2. The number of rotatable bonds is 4. The van der Waals surface area contributed by atoms with Gasteiger partial charge in [0.1, 0.15) is 17.8 Å². The van der Waals surface area contributed by atoms with Crippen molar-refractivity contribution in [3.8, 4) is 0 Å². The summed E-state index contributed by atoms with van der Waals surface area (Å²) in [5.41, 5.74) is 0.916. The summed E-state index contributed by atoms with van der Waals surface area (Å²) in [4.78, 5) is 51.3. The Hall–Kier alpha value is -3.27. The second-order valence-corrected chi connectivity index (χ2v) is 8.97. The van der Waals surface area contributed by atoms with Gasteiger partial charge in [-0.25, -0.2) is 4.98 Å². The third-order valence-electron chi connectivity index (χ3n) is 7.19. The first-order valence-corrected chi connectivity index (χ1v) is 11.4. The lowest BCUT2D eigenvalue weighted by Crippen LogP contribution is -2.55. The van der Waals surface area contributed by atoms with E-state index in [9.17, 15) is 14.4 Å². The molecule has 2 saturated heterocycles. The van der Waals surface area contributed by atoms with Crippen molar-refractivity contribution in [3.05, 3.63) is 40.4 Å². The number of amides is 2. The van der Waals surface area contributed by atoms with Crippen molar-refractivity contribution in [1.82, 2.24) is 20.2 Å². The van der Waals surface area contributed by atoms with Crippen molar-refractivity contribution in [3.63, 3.8) is 0 Å². The molecule has 10 heteroatoms. The Bertz CT molecular complexity index is 1150. The molecule has 0 radical (unpaired) electrons. The number of likely N-dealkylation sites (tertiary alicyclic amines) is 1. The zero-order valence-corrected chi connectivity index (χ0v) is 18.3. The number of aromatic amines is 1. The van der Waals surface area contributed by atoms with E-state index >= 15 is 0 Å². The van der Waals surface area contributed by atoms with E-state index in [0.717, 1.165) is 19.3 Å². The number of hydrogen-bond acceptors (Lipinski definition) is 7. The Labute approximate surface area is 190 Å². The molecule has 2 aromatic heterocycles. The average Bonchev–Trinajstić information content (AvgIpc) is 3.38. The van der Waals surface area contributed by atoms with Crippen molar-refractivity contribution in [2.24, 2.45) is 16.5 Å². The number of oxime groups is 1. The number of carbonyl (C=O) groups excluding carboxylic acids is 2. The molecule has 0 bridgehead atoms. The summed E-state index contributed by atoms with van der Waals surface area (Å²) in [5.74, 6) is -0.221. The lowest BCUT2D eigenvalue weighted by atomic mass is 9.65. The normalized spacial score (nSPS) is 22.1. The van der Waals surface area contributed by atoms with Gasteiger partial charge in [0, 0.05) is 57.0 Å². The van der Waals surface area contributed by atoms with Crippen LogP contribution in [0.4, 0.5) is 0 Å². The number of nitrogens with zero attached hydrogens (tertiary/aromatic N) is 3. The van der Waals surface area contributed by atoms with E-state index in [1.54, 1.807) is 12.1 Å². The highest BCUT2D eigenvalue weighted by atomic mass is 16.6. The van der Waals surface area contributed by atoms with Crippen LogP contribution in [0.15, 0.2) is 34.5 Å². The fourth-order valence-corrected chi connectivity index (χ4v) is 5.17. The Morgan fingerprint density at radius 3 is 2.88 bits per heavy atom. The van der Waals surface area contributed by atoms with Crippen LogP contribution in [0.2, 0.25) is 0 Å². The van der Waals surface area contributed by atoms with Crippen LogP contribution in [-0.2, 0) is 14.4 Å².